The van der Waals surface area contributed by atoms with Crippen molar-refractivity contribution in [1.29, 1.82) is 0 Å². The number of halogens is 1. The second-order valence-electron chi connectivity index (χ2n) is 5.23. The van der Waals surface area contributed by atoms with Crippen molar-refractivity contribution in [2.45, 2.75) is 25.9 Å². The summed E-state index contributed by atoms with van der Waals surface area (Å²) in [5, 5.41) is 5.50. The van der Waals surface area contributed by atoms with E-state index in [0.717, 1.165) is 16.6 Å². The average molecular weight is 307 g/mol. The van der Waals surface area contributed by atoms with Crippen LogP contribution in [0.1, 0.15) is 31.1 Å². The second kappa shape index (κ2) is 5.13. The van der Waals surface area contributed by atoms with E-state index in [1.807, 2.05) is 20.0 Å². The molecule has 3 rings (SSSR count). The summed E-state index contributed by atoms with van der Waals surface area (Å²) in [6.07, 6.45) is 4.00. The number of nitrogens with zero attached hydrogens (tertiary/aromatic N) is 3. The van der Waals surface area contributed by atoms with E-state index in [4.69, 9.17) is 20.9 Å². The molecule has 110 valence electrons. The van der Waals surface area contributed by atoms with E-state index in [9.17, 15) is 0 Å². The van der Waals surface area contributed by atoms with Crippen LogP contribution in [0.5, 0.6) is 0 Å². The summed E-state index contributed by atoms with van der Waals surface area (Å²) in [4.78, 5) is 11.7. The van der Waals surface area contributed by atoms with Crippen molar-refractivity contribution in [2.75, 3.05) is 7.11 Å². The van der Waals surface area contributed by atoms with Crippen molar-refractivity contribution < 1.29 is 9.26 Å². The maximum atomic E-state index is 6.22. The van der Waals surface area contributed by atoms with Crippen LogP contribution < -0.4 is 0 Å². The van der Waals surface area contributed by atoms with Crippen LogP contribution in [-0.2, 0) is 16.8 Å². The number of H-pyrrole nitrogens is 1. The first kappa shape index (κ1) is 14.0. The summed E-state index contributed by atoms with van der Waals surface area (Å²) in [6, 6.07) is 1.76. The quantitative estimate of drug-likeness (QED) is 0.801. The largest absolute Gasteiger partial charge is 0.371 e. The summed E-state index contributed by atoms with van der Waals surface area (Å²) in [5.74, 6) is 1.03. The lowest BCUT2D eigenvalue weighted by Gasteiger charge is -2.17. The Hall–Kier alpha value is -1.92. The highest BCUT2D eigenvalue weighted by Crippen LogP contribution is 2.27. The molecule has 0 aromatic carbocycles. The van der Waals surface area contributed by atoms with Crippen LogP contribution in [0.2, 0.25) is 5.02 Å². The minimum atomic E-state index is -0.582. The summed E-state index contributed by atoms with van der Waals surface area (Å²) >= 11 is 6.22. The fourth-order valence-corrected chi connectivity index (χ4v) is 2.31. The zero-order valence-corrected chi connectivity index (χ0v) is 12.7. The Balaban J connectivity index is 1.93. The predicted octanol–water partition coefficient (Wildman–Crippen LogP) is 3.07. The fraction of sp³-hybridized carbons (Fsp3) is 0.357. The third-order valence-corrected chi connectivity index (χ3v) is 3.78. The Kier molecular flexibility index (Phi) is 3.43. The molecular formula is C14H15ClN4O2. The molecule has 0 aliphatic heterocycles. The van der Waals surface area contributed by atoms with E-state index in [1.54, 1.807) is 19.4 Å². The normalized spacial score (nSPS) is 12.2. The van der Waals surface area contributed by atoms with E-state index in [-0.39, 0.29) is 0 Å². The molecule has 0 amide bonds. The van der Waals surface area contributed by atoms with Crippen molar-refractivity contribution in [1.82, 2.24) is 20.1 Å². The first-order valence-corrected chi connectivity index (χ1v) is 6.88. The number of methoxy groups -OCH3 is 1. The molecule has 1 N–H and O–H groups in total. The number of ether oxygens (including phenoxy) is 1. The van der Waals surface area contributed by atoms with Gasteiger partial charge in [-0.3, -0.25) is 0 Å². The van der Waals surface area contributed by atoms with E-state index in [1.165, 1.54) is 0 Å². The molecule has 0 saturated carbocycles. The second-order valence-corrected chi connectivity index (χ2v) is 5.64. The topological polar surface area (TPSA) is 76.8 Å². The highest BCUT2D eigenvalue weighted by atomic mass is 35.5. The molecule has 3 aromatic rings. The maximum Gasteiger partial charge on any atom is 0.231 e. The standard InChI is InChI=1S/C14H15ClN4O2/c1-14(2,20-3)13-18-10(21-19-13)6-8-7-17-12-11(8)9(15)4-5-16-12/h4-5,7H,6H2,1-3H3,(H,16,17). The van der Waals surface area contributed by atoms with E-state index in [0.29, 0.717) is 23.2 Å². The Morgan fingerprint density at radius 2 is 2.24 bits per heavy atom. The van der Waals surface area contributed by atoms with E-state index in [2.05, 4.69) is 20.1 Å². The number of pyridine rings is 1. The van der Waals surface area contributed by atoms with Gasteiger partial charge in [-0.1, -0.05) is 16.8 Å². The molecule has 0 saturated heterocycles. The van der Waals surface area contributed by atoms with Crippen LogP contribution in [0.15, 0.2) is 23.0 Å². The van der Waals surface area contributed by atoms with Gasteiger partial charge in [0, 0.05) is 24.9 Å². The lowest BCUT2D eigenvalue weighted by Crippen LogP contribution is -2.21. The Morgan fingerprint density at radius 1 is 1.43 bits per heavy atom. The molecule has 3 aromatic heterocycles. The molecule has 7 heteroatoms. The molecule has 0 unspecified atom stereocenters. The lowest BCUT2D eigenvalue weighted by molar-refractivity contribution is 0.00973. The summed E-state index contributed by atoms with van der Waals surface area (Å²) in [5.41, 5.74) is 1.13. The first-order valence-electron chi connectivity index (χ1n) is 6.50. The number of aromatic amines is 1. The van der Waals surface area contributed by atoms with Crippen LogP contribution in [0.25, 0.3) is 11.0 Å². The van der Waals surface area contributed by atoms with Gasteiger partial charge in [0.15, 0.2) is 0 Å². The Morgan fingerprint density at radius 3 is 3.00 bits per heavy atom. The predicted molar refractivity (Wildman–Crippen MR) is 78.2 cm³/mol. The minimum Gasteiger partial charge on any atom is -0.371 e. The zero-order chi connectivity index (χ0) is 15.0. The number of aromatic nitrogens is 4. The Labute approximate surface area is 126 Å². The van der Waals surface area contributed by atoms with Crippen molar-refractivity contribution >= 4 is 22.6 Å². The van der Waals surface area contributed by atoms with Crippen LogP contribution in [0.4, 0.5) is 0 Å². The van der Waals surface area contributed by atoms with Gasteiger partial charge in [0.2, 0.25) is 11.7 Å². The molecule has 0 aliphatic carbocycles. The molecule has 0 aliphatic rings. The number of hydrogen-bond donors (Lipinski definition) is 1. The molecule has 6 nitrogen and oxygen atoms in total. The van der Waals surface area contributed by atoms with Gasteiger partial charge in [0.05, 0.1) is 11.4 Å². The highest BCUT2D eigenvalue weighted by Gasteiger charge is 2.26. The number of hydrogen-bond acceptors (Lipinski definition) is 5. The molecule has 0 bridgehead atoms. The number of rotatable bonds is 4. The molecule has 0 radical (unpaired) electrons. The highest BCUT2D eigenvalue weighted by molar-refractivity contribution is 6.35. The lowest BCUT2D eigenvalue weighted by atomic mass is 10.1. The summed E-state index contributed by atoms with van der Waals surface area (Å²) < 4.78 is 10.6. The van der Waals surface area contributed by atoms with Gasteiger partial charge in [-0.25, -0.2) is 4.98 Å². The van der Waals surface area contributed by atoms with Gasteiger partial charge >= 0.3 is 0 Å². The summed E-state index contributed by atoms with van der Waals surface area (Å²) in [6.45, 7) is 3.77. The van der Waals surface area contributed by atoms with Crippen LogP contribution in [0.3, 0.4) is 0 Å². The van der Waals surface area contributed by atoms with Crippen LogP contribution in [-0.4, -0.2) is 27.2 Å². The van der Waals surface area contributed by atoms with Crippen LogP contribution in [0, 0.1) is 0 Å². The average Bonchev–Trinajstić information content (AvgIpc) is 3.08. The molecule has 21 heavy (non-hydrogen) atoms. The van der Waals surface area contributed by atoms with Crippen molar-refractivity contribution in [2.24, 2.45) is 0 Å². The molecular weight excluding hydrogens is 292 g/mol. The first-order chi connectivity index (χ1) is 10.0. The van der Waals surface area contributed by atoms with Crippen LogP contribution >= 0.6 is 11.6 Å². The number of nitrogens with one attached hydrogen (secondary N) is 1. The monoisotopic (exact) mass is 306 g/mol. The van der Waals surface area contributed by atoms with Crippen molar-refractivity contribution in [3.63, 3.8) is 0 Å². The van der Waals surface area contributed by atoms with Gasteiger partial charge in [-0.05, 0) is 25.5 Å². The van der Waals surface area contributed by atoms with Gasteiger partial charge in [0.1, 0.15) is 11.2 Å². The summed E-state index contributed by atoms with van der Waals surface area (Å²) in [7, 11) is 1.61. The molecule has 0 fully saturated rings. The number of fused-ring (bicyclic) bond motifs is 1. The van der Waals surface area contributed by atoms with Gasteiger partial charge in [-0.2, -0.15) is 4.98 Å². The van der Waals surface area contributed by atoms with Gasteiger partial charge in [-0.15, -0.1) is 0 Å². The Bertz CT molecular complexity index is 778. The van der Waals surface area contributed by atoms with Crippen molar-refractivity contribution in [3.05, 3.63) is 40.8 Å². The fourth-order valence-electron chi connectivity index (χ4n) is 2.05. The third-order valence-electron chi connectivity index (χ3n) is 3.46. The smallest absolute Gasteiger partial charge is 0.231 e. The minimum absolute atomic E-state index is 0.484. The third kappa shape index (κ3) is 2.52. The van der Waals surface area contributed by atoms with Crippen molar-refractivity contribution in [3.8, 4) is 0 Å². The molecule has 3 heterocycles. The maximum absolute atomic E-state index is 6.22. The van der Waals surface area contributed by atoms with Gasteiger partial charge in [0.25, 0.3) is 0 Å². The molecule has 0 spiro atoms. The zero-order valence-electron chi connectivity index (χ0n) is 12.0. The van der Waals surface area contributed by atoms with E-state index >= 15 is 0 Å². The molecule has 0 atom stereocenters. The van der Waals surface area contributed by atoms with E-state index < -0.39 is 5.60 Å². The SMILES string of the molecule is COC(C)(C)c1noc(Cc2c[nH]c3nccc(Cl)c23)n1. The van der Waals surface area contributed by atoms with Gasteiger partial charge < -0.3 is 14.2 Å².